The Balaban J connectivity index is 1.63. The van der Waals surface area contributed by atoms with Crippen molar-refractivity contribution in [3.63, 3.8) is 0 Å². The van der Waals surface area contributed by atoms with Crippen LogP contribution in [0.3, 0.4) is 0 Å². The van der Waals surface area contributed by atoms with Crippen LogP contribution in [0, 0.1) is 5.82 Å². The van der Waals surface area contributed by atoms with Gasteiger partial charge in [-0.25, -0.2) is 9.37 Å². The second kappa shape index (κ2) is 7.80. The molecule has 0 aliphatic carbocycles. The van der Waals surface area contributed by atoms with E-state index in [1.165, 1.54) is 18.5 Å². The van der Waals surface area contributed by atoms with Crippen molar-refractivity contribution in [3.05, 3.63) is 72.6 Å². The Morgan fingerprint density at radius 2 is 1.87 bits per heavy atom. The van der Waals surface area contributed by atoms with E-state index >= 15 is 0 Å². The van der Waals surface area contributed by atoms with Crippen molar-refractivity contribution >= 4 is 18.3 Å². The van der Waals surface area contributed by atoms with Crippen LogP contribution >= 0.6 is 12.6 Å². The minimum Gasteiger partial charge on any atom is -0.468 e. The maximum Gasteiger partial charge on any atom is 0.240 e. The van der Waals surface area contributed by atoms with Crippen molar-refractivity contribution < 1.29 is 9.13 Å². The first-order valence-corrected chi connectivity index (χ1v) is 9.81. The number of hydrogen-bond acceptors (Lipinski definition) is 7. The van der Waals surface area contributed by atoms with E-state index in [9.17, 15) is 4.39 Å². The molecule has 5 rings (SSSR count). The molecule has 10 heteroatoms. The number of fused-ring (bicyclic) bond motifs is 1. The molecule has 8 nitrogen and oxygen atoms in total. The van der Waals surface area contributed by atoms with Crippen LogP contribution in [-0.2, 0) is 13.7 Å². The van der Waals surface area contributed by atoms with Gasteiger partial charge in [-0.2, -0.15) is 9.61 Å². The smallest absolute Gasteiger partial charge is 0.240 e. The largest absolute Gasteiger partial charge is 0.468 e. The van der Waals surface area contributed by atoms with E-state index in [-0.39, 0.29) is 12.4 Å². The number of halogens is 1. The third-order valence-corrected chi connectivity index (χ3v) is 5.04. The van der Waals surface area contributed by atoms with Gasteiger partial charge in [-0.1, -0.05) is 12.1 Å². The highest BCUT2D eigenvalue weighted by Crippen LogP contribution is 2.32. The predicted octanol–water partition coefficient (Wildman–Crippen LogP) is 3.59. The zero-order valence-electron chi connectivity index (χ0n) is 16.3. The fourth-order valence-electron chi connectivity index (χ4n) is 3.17. The van der Waals surface area contributed by atoms with Crippen LogP contribution in [0.25, 0.3) is 28.2 Å². The molecule has 5 aromatic rings. The van der Waals surface area contributed by atoms with E-state index in [0.717, 1.165) is 16.0 Å². The maximum absolute atomic E-state index is 13.3. The lowest BCUT2D eigenvalue weighted by Gasteiger charge is -2.12. The van der Waals surface area contributed by atoms with Gasteiger partial charge >= 0.3 is 0 Å². The van der Waals surface area contributed by atoms with Crippen LogP contribution in [0.15, 0.2) is 65.8 Å². The van der Waals surface area contributed by atoms with Gasteiger partial charge in [-0.05, 0) is 48.0 Å². The topological polar surface area (TPSA) is 83.0 Å². The van der Waals surface area contributed by atoms with Crippen molar-refractivity contribution in [2.24, 2.45) is 7.05 Å². The monoisotopic (exact) mass is 433 g/mol. The van der Waals surface area contributed by atoms with Gasteiger partial charge in [0.25, 0.3) is 0 Å². The third kappa shape index (κ3) is 3.73. The second-order valence-corrected chi connectivity index (χ2v) is 7.32. The molecule has 0 saturated heterocycles. The van der Waals surface area contributed by atoms with E-state index in [1.54, 1.807) is 28.4 Å². The summed E-state index contributed by atoms with van der Waals surface area (Å²) >= 11 is 4.44. The molecule has 3 aromatic heterocycles. The van der Waals surface area contributed by atoms with Crippen molar-refractivity contribution in [1.29, 1.82) is 0 Å². The summed E-state index contributed by atoms with van der Waals surface area (Å²) in [5, 5.41) is 17.2. The summed E-state index contributed by atoms with van der Waals surface area (Å²) in [6.45, 7) is 0.177. The molecule has 0 saturated carbocycles. The van der Waals surface area contributed by atoms with E-state index in [0.29, 0.717) is 28.7 Å². The van der Waals surface area contributed by atoms with Crippen LogP contribution in [0.2, 0.25) is 0 Å². The Labute approximate surface area is 181 Å². The van der Waals surface area contributed by atoms with E-state index in [2.05, 4.69) is 38.0 Å². The molecule has 0 spiro atoms. The van der Waals surface area contributed by atoms with Gasteiger partial charge in [0.05, 0.1) is 0 Å². The first-order valence-electron chi connectivity index (χ1n) is 9.36. The summed E-state index contributed by atoms with van der Waals surface area (Å²) in [6.07, 6.45) is 1.47. The molecule has 0 aliphatic rings. The lowest BCUT2D eigenvalue weighted by atomic mass is 10.1. The number of nitrogens with zero attached hydrogens (tertiary/aromatic N) is 7. The molecular weight excluding hydrogens is 417 g/mol. The van der Waals surface area contributed by atoms with Gasteiger partial charge < -0.3 is 4.74 Å². The van der Waals surface area contributed by atoms with Gasteiger partial charge in [0.1, 0.15) is 18.8 Å². The van der Waals surface area contributed by atoms with Gasteiger partial charge in [0.15, 0.2) is 17.3 Å². The van der Waals surface area contributed by atoms with Crippen molar-refractivity contribution in [2.45, 2.75) is 11.5 Å². The minimum atomic E-state index is -0.327. The van der Waals surface area contributed by atoms with Crippen molar-refractivity contribution in [2.75, 3.05) is 0 Å². The Morgan fingerprint density at radius 3 is 2.61 bits per heavy atom. The van der Waals surface area contributed by atoms with Crippen LogP contribution in [0.5, 0.6) is 5.88 Å². The van der Waals surface area contributed by atoms with Crippen LogP contribution in [0.4, 0.5) is 4.39 Å². The van der Waals surface area contributed by atoms with Crippen molar-refractivity contribution in [1.82, 2.24) is 34.6 Å². The Morgan fingerprint density at radius 1 is 1.03 bits per heavy atom. The summed E-state index contributed by atoms with van der Waals surface area (Å²) in [6, 6.07) is 15.5. The van der Waals surface area contributed by atoms with E-state index in [1.807, 2.05) is 30.3 Å². The van der Waals surface area contributed by atoms with Crippen LogP contribution < -0.4 is 4.74 Å². The number of benzene rings is 2. The minimum absolute atomic E-state index is 0.177. The van der Waals surface area contributed by atoms with Gasteiger partial charge in [0.2, 0.25) is 5.88 Å². The van der Waals surface area contributed by atoms with E-state index in [4.69, 9.17) is 4.74 Å². The number of hydrogen-bond donors (Lipinski definition) is 1. The summed E-state index contributed by atoms with van der Waals surface area (Å²) in [5.74, 6) is 1.18. The first kappa shape index (κ1) is 19.2. The Kier molecular flexibility index (Phi) is 4.83. The number of aryl methyl sites for hydroxylation is 1. The quantitative estimate of drug-likeness (QED) is 0.427. The number of ether oxygens (including phenoxy) is 1. The van der Waals surface area contributed by atoms with Gasteiger partial charge in [0, 0.05) is 23.1 Å². The molecular formula is C21H16FN7OS. The summed E-state index contributed by atoms with van der Waals surface area (Å²) in [5.41, 5.74) is 2.83. The molecule has 0 unspecified atom stereocenters. The average Bonchev–Trinajstić information content (AvgIpc) is 3.37. The third-order valence-electron chi connectivity index (χ3n) is 4.76. The first-order chi connectivity index (χ1) is 15.1. The Hall–Kier alpha value is -3.79. The van der Waals surface area contributed by atoms with Gasteiger partial charge in [-0.15, -0.1) is 27.9 Å². The molecule has 0 atom stereocenters. The normalized spacial score (nSPS) is 11.2. The zero-order valence-corrected chi connectivity index (χ0v) is 17.2. The highest BCUT2D eigenvalue weighted by Gasteiger charge is 2.17. The van der Waals surface area contributed by atoms with Crippen molar-refractivity contribution in [3.8, 4) is 28.4 Å². The molecule has 3 heterocycles. The van der Waals surface area contributed by atoms with Gasteiger partial charge in [-0.3, -0.25) is 4.68 Å². The lowest BCUT2D eigenvalue weighted by molar-refractivity contribution is 0.275. The van der Waals surface area contributed by atoms with E-state index < -0.39 is 0 Å². The number of rotatable bonds is 5. The SMILES string of the molecule is Cn1ncnc1COc1nn2c(-c3ccc(F)cc3)nnc2cc1-c1cccc(S)c1. The summed E-state index contributed by atoms with van der Waals surface area (Å²) in [7, 11) is 1.79. The zero-order chi connectivity index (χ0) is 21.4. The molecule has 0 bridgehead atoms. The molecule has 0 radical (unpaired) electrons. The molecule has 0 fully saturated rings. The fourth-order valence-corrected chi connectivity index (χ4v) is 3.39. The summed E-state index contributed by atoms with van der Waals surface area (Å²) < 4.78 is 22.6. The molecule has 0 aliphatic heterocycles. The molecule has 2 aromatic carbocycles. The summed E-state index contributed by atoms with van der Waals surface area (Å²) in [4.78, 5) is 5.00. The Bertz CT molecular complexity index is 1380. The molecule has 154 valence electrons. The highest BCUT2D eigenvalue weighted by atomic mass is 32.1. The van der Waals surface area contributed by atoms with Crippen LogP contribution in [0.1, 0.15) is 5.82 Å². The molecule has 31 heavy (non-hydrogen) atoms. The second-order valence-electron chi connectivity index (χ2n) is 6.80. The molecule has 0 N–H and O–H groups in total. The lowest BCUT2D eigenvalue weighted by Crippen LogP contribution is -2.08. The van der Waals surface area contributed by atoms with Crippen LogP contribution in [-0.4, -0.2) is 34.6 Å². The fraction of sp³-hybridized carbons (Fsp3) is 0.0952. The highest BCUT2D eigenvalue weighted by molar-refractivity contribution is 7.80. The predicted molar refractivity (Wildman–Crippen MR) is 114 cm³/mol. The number of thiol groups is 1. The maximum atomic E-state index is 13.3. The number of aromatic nitrogens is 7. The average molecular weight is 433 g/mol. The molecule has 0 amide bonds. The standard InChI is InChI=1S/C21H16FN7OS/c1-28-19(23-12-24-28)11-30-21-17(14-3-2-4-16(31)9-14)10-18-25-26-20(29(18)27-21)13-5-7-15(22)8-6-13/h2-10,12,31H,11H2,1H3.